The normalized spacial score (nSPS) is 11.6. The maximum atomic E-state index is 13.0. The number of rotatable bonds is 5. The van der Waals surface area contributed by atoms with Crippen molar-refractivity contribution in [2.24, 2.45) is 7.05 Å². The van der Waals surface area contributed by atoms with E-state index in [1.54, 1.807) is 30.9 Å². The van der Waals surface area contributed by atoms with Crippen LogP contribution in [-0.2, 0) is 24.4 Å². The molecule has 0 fully saturated rings. The van der Waals surface area contributed by atoms with Crippen molar-refractivity contribution in [1.29, 1.82) is 0 Å². The molecule has 27 heavy (non-hydrogen) atoms. The number of carbonyl (C=O) groups excluding carboxylic acids is 1. The summed E-state index contributed by atoms with van der Waals surface area (Å²) in [6.45, 7) is 1.70. The lowest BCUT2D eigenvalue weighted by Crippen LogP contribution is -2.15. The minimum Gasteiger partial charge on any atom is -0.311 e. The highest BCUT2D eigenvalue weighted by Crippen LogP contribution is 2.31. The third kappa shape index (κ3) is 4.55. The fourth-order valence-electron chi connectivity index (χ4n) is 2.66. The number of nitrogens with one attached hydrogen (secondary N) is 1. The van der Waals surface area contributed by atoms with Crippen molar-refractivity contribution in [2.45, 2.75) is 25.9 Å². The average Bonchev–Trinajstić information content (AvgIpc) is 3.18. The number of hydrogen-bond acceptors (Lipinski definition) is 3. The van der Waals surface area contributed by atoms with Gasteiger partial charge in [-0.05, 0) is 37.1 Å². The Kier molecular flexibility index (Phi) is 5.02. The zero-order valence-electron chi connectivity index (χ0n) is 14.8. The highest BCUT2D eigenvalue weighted by atomic mass is 19.4. The second-order valence-corrected chi connectivity index (χ2v) is 6.20. The molecule has 1 N–H and O–H groups in total. The van der Waals surface area contributed by atoms with Crippen LogP contribution in [0.25, 0.3) is 5.69 Å². The first-order valence-electron chi connectivity index (χ1n) is 8.24. The fraction of sp³-hybridized carbons (Fsp3) is 0.278. The van der Waals surface area contributed by atoms with Gasteiger partial charge in [0.1, 0.15) is 5.82 Å². The third-order valence-corrected chi connectivity index (χ3v) is 3.92. The molecular weight excluding hydrogens is 359 g/mol. The summed E-state index contributed by atoms with van der Waals surface area (Å²) in [5, 5.41) is 11.0. The molecule has 2 aromatic heterocycles. The molecule has 0 spiro atoms. The minimum absolute atomic E-state index is 0.221. The first-order chi connectivity index (χ1) is 12.7. The second kappa shape index (κ2) is 7.26. The number of aromatic nitrogens is 4. The highest BCUT2D eigenvalue weighted by molar-refractivity contribution is 5.90. The summed E-state index contributed by atoms with van der Waals surface area (Å²) >= 11 is 0. The first-order valence-corrected chi connectivity index (χ1v) is 8.24. The Hall–Kier alpha value is -3.10. The lowest BCUT2D eigenvalue weighted by molar-refractivity contribution is -0.137. The van der Waals surface area contributed by atoms with E-state index < -0.39 is 11.7 Å². The molecule has 6 nitrogen and oxygen atoms in total. The van der Waals surface area contributed by atoms with Gasteiger partial charge in [-0.1, -0.05) is 6.07 Å². The Morgan fingerprint density at radius 3 is 2.70 bits per heavy atom. The van der Waals surface area contributed by atoms with Crippen LogP contribution in [0.5, 0.6) is 0 Å². The predicted octanol–water partition coefficient (Wildman–Crippen LogP) is 3.50. The Morgan fingerprint density at radius 2 is 2.04 bits per heavy atom. The molecule has 0 atom stereocenters. The van der Waals surface area contributed by atoms with Gasteiger partial charge in [0.2, 0.25) is 5.91 Å². The molecule has 0 radical (unpaired) electrons. The summed E-state index contributed by atoms with van der Waals surface area (Å²) in [6.07, 6.45) is -0.213. The van der Waals surface area contributed by atoms with Crippen molar-refractivity contribution in [3.8, 4) is 5.69 Å². The predicted molar refractivity (Wildman–Crippen MR) is 93.5 cm³/mol. The topological polar surface area (TPSA) is 64.7 Å². The summed E-state index contributed by atoms with van der Waals surface area (Å²) in [4.78, 5) is 12.3. The number of amides is 1. The van der Waals surface area contributed by atoms with Crippen LogP contribution in [0, 0.1) is 6.92 Å². The van der Waals surface area contributed by atoms with Gasteiger partial charge in [0.15, 0.2) is 0 Å². The molecule has 1 amide bonds. The van der Waals surface area contributed by atoms with Crippen LogP contribution >= 0.6 is 0 Å². The summed E-state index contributed by atoms with van der Waals surface area (Å²) < 4.78 is 41.8. The number of aryl methyl sites for hydroxylation is 3. The minimum atomic E-state index is -4.45. The number of nitrogens with zero attached hydrogens (tertiary/aromatic N) is 4. The average molecular weight is 377 g/mol. The van der Waals surface area contributed by atoms with Gasteiger partial charge in [0.05, 0.1) is 23.1 Å². The maximum absolute atomic E-state index is 13.0. The van der Waals surface area contributed by atoms with E-state index in [0.29, 0.717) is 17.9 Å². The molecule has 142 valence electrons. The van der Waals surface area contributed by atoms with E-state index in [9.17, 15) is 18.0 Å². The summed E-state index contributed by atoms with van der Waals surface area (Å²) in [6, 6.07) is 6.42. The quantitative estimate of drug-likeness (QED) is 0.740. The van der Waals surface area contributed by atoms with Crippen LogP contribution in [0.4, 0.5) is 19.0 Å². The lowest BCUT2D eigenvalue weighted by Gasteiger charge is -2.11. The van der Waals surface area contributed by atoms with Crippen LogP contribution in [-0.4, -0.2) is 25.5 Å². The van der Waals surface area contributed by atoms with Gasteiger partial charge in [-0.3, -0.25) is 9.48 Å². The van der Waals surface area contributed by atoms with Crippen LogP contribution in [0.2, 0.25) is 0 Å². The summed E-state index contributed by atoms with van der Waals surface area (Å²) in [5.74, 6) is 0.0648. The number of carbonyl (C=O) groups is 1. The van der Waals surface area contributed by atoms with Crippen molar-refractivity contribution < 1.29 is 18.0 Å². The standard InChI is InChI=1S/C18H18F3N5O/c1-12-8-16(23-17(27)7-6-13-10-22-25(2)11-13)26(24-12)15-5-3-4-14(9-15)18(19,20)21/h3-5,8-11H,6-7H2,1-2H3,(H,23,27). The van der Waals surface area contributed by atoms with Gasteiger partial charge in [-0.25, -0.2) is 4.68 Å². The Bertz CT molecular complexity index is 958. The van der Waals surface area contributed by atoms with Crippen molar-refractivity contribution >= 4 is 11.7 Å². The molecular formula is C18H18F3N5O. The molecule has 2 heterocycles. The van der Waals surface area contributed by atoms with Gasteiger partial charge in [-0.15, -0.1) is 0 Å². The molecule has 9 heteroatoms. The van der Waals surface area contributed by atoms with Crippen molar-refractivity contribution in [1.82, 2.24) is 19.6 Å². The molecule has 1 aromatic carbocycles. The van der Waals surface area contributed by atoms with Crippen molar-refractivity contribution in [2.75, 3.05) is 5.32 Å². The fourth-order valence-corrected chi connectivity index (χ4v) is 2.66. The molecule has 0 aliphatic carbocycles. The van der Waals surface area contributed by atoms with Gasteiger partial charge in [0, 0.05) is 25.7 Å². The molecule has 3 aromatic rings. The van der Waals surface area contributed by atoms with Crippen LogP contribution in [0.1, 0.15) is 23.2 Å². The molecule has 0 saturated carbocycles. The second-order valence-electron chi connectivity index (χ2n) is 6.20. The van der Waals surface area contributed by atoms with Gasteiger partial charge >= 0.3 is 6.18 Å². The van der Waals surface area contributed by atoms with E-state index in [2.05, 4.69) is 15.5 Å². The molecule has 0 saturated heterocycles. The highest BCUT2D eigenvalue weighted by Gasteiger charge is 2.30. The van der Waals surface area contributed by atoms with Gasteiger partial charge < -0.3 is 5.32 Å². The number of alkyl halides is 3. The summed E-state index contributed by atoms with van der Waals surface area (Å²) in [7, 11) is 1.79. The van der Waals surface area contributed by atoms with Crippen molar-refractivity contribution in [3.05, 3.63) is 59.5 Å². The molecule has 3 rings (SSSR count). The number of hydrogen-bond donors (Lipinski definition) is 1. The SMILES string of the molecule is Cc1cc(NC(=O)CCc2cnn(C)c2)n(-c2cccc(C(F)(F)F)c2)n1. The van der Waals surface area contributed by atoms with Crippen LogP contribution in [0.15, 0.2) is 42.7 Å². The Labute approximate surface area is 153 Å². The van der Waals surface area contributed by atoms with E-state index in [-0.39, 0.29) is 18.0 Å². The lowest BCUT2D eigenvalue weighted by atomic mass is 10.2. The van der Waals surface area contributed by atoms with Gasteiger partial charge in [-0.2, -0.15) is 23.4 Å². The van der Waals surface area contributed by atoms with Crippen molar-refractivity contribution in [3.63, 3.8) is 0 Å². The molecule has 0 unspecified atom stereocenters. The van der Waals surface area contributed by atoms with Crippen LogP contribution in [0.3, 0.4) is 0 Å². The smallest absolute Gasteiger partial charge is 0.311 e. The largest absolute Gasteiger partial charge is 0.416 e. The first kappa shape index (κ1) is 18.7. The van der Waals surface area contributed by atoms with E-state index in [1.165, 1.54) is 16.8 Å². The zero-order valence-corrected chi connectivity index (χ0v) is 14.8. The zero-order chi connectivity index (χ0) is 19.6. The molecule has 0 aliphatic rings. The summed E-state index contributed by atoms with van der Waals surface area (Å²) in [5.41, 5.74) is 0.952. The van der Waals surface area contributed by atoms with E-state index in [1.807, 2.05) is 6.20 Å². The Balaban J connectivity index is 1.77. The number of halogens is 3. The Morgan fingerprint density at radius 1 is 1.26 bits per heavy atom. The van der Waals surface area contributed by atoms with Gasteiger partial charge in [0.25, 0.3) is 0 Å². The third-order valence-electron chi connectivity index (χ3n) is 3.92. The number of benzene rings is 1. The molecule has 0 aliphatic heterocycles. The molecule has 0 bridgehead atoms. The monoisotopic (exact) mass is 377 g/mol. The van der Waals surface area contributed by atoms with E-state index >= 15 is 0 Å². The maximum Gasteiger partial charge on any atom is 0.416 e. The number of anilines is 1. The van der Waals surface area contributed by atoms with E-state index in [4.69, 9.17) is 0 Å². The van der Waals surface area contributed by atoms with Crippen LogP contribution < -0.4 is 5.32 Å². The van der Waals surface area contributed by atoms with E-state index in [0.717, 1.165) is 17.7 Å².